The molecule has 1 saturated heterocycles. The summed E-state index contributed by atoms with van der Waals surface area (Å²) in [5, 5.41) is 12.3. The fraction of sp³-hybridized carbons (Fsp3) is 0.900. The minimum atomic E-state index is -0.613. The van der Waals surface area contributed by atoms with Crippen molar-refractivity contribution in [2.24, 2.45) is 11.8 Å². The van der Waals surface area contributed by atoms with E-state index in [4.69, 9.17) is 5.11 Å². The van der Waals surface area contributed by atoms with Gasteiger partial charge in [-0.3, -0.25) is 4.79 Å². The molecule has 2 N–H and O–H groups in total. The molecule has 1 saturated carbocycles. The summed E-state index contributed by atoms with van der Waals surface area (Å²) in [6.45, 7) is 1.00. The second-order valence-corrected chi connectivity index (χ2v) is 4.33. The molecule has 2 rings (SSSR count). The van der Waals surface area contributed by atoms with Crippen LogP contribution in [0.5, 0.6) is 0 Å². The van der Waals surface area contributed by atoms with Crippen molar-refractivity contribution in [2.45, 2.75) is 38.1 Å². The first-order chi connectivity index (χ1) is 6.27. The molecule has 1 aliphatic heterocycles. The summed E-state index contributed by atoms with van der Waals surface area (Å²) in [7, 11) is 0. The minimum absolute atomic E-state index is 0.130. The van der Waals surface area contributed by atoms with E-state index in [1.807, 2.05) is 0 Å². The van der Waals surface area contributed by atoms with E-state index in [-0.39, 0.29) is 12.0 Å². The van der Waals surface area contributed by atoms with Gasteiger partial charge in [0.05, 0.1) is 5.92 Å². The number of hydrogen-bond donors (Lipinski definition) is 2. The van der Waals surface area contributed by atoms with Gasteiger partial charge in [-0.1, -0.05) is 12.8 Å². The fourth-order valence-corrected chi connectivity index (χ4v) is 2.21. The van der Waals surface area contributed by atoms with E-state index in [9.17, 15) is 4.79 Å². The lowest BCUT2D eigenvalue weighted by atomic mass is 9.88. The van der Waals surface area contributed by atoms with Crippen LogP contribution in [0.15, 0.2) is 0 Å². The largest absolute Gasteiger partial charge is 0.481 e. The molecular formula is C10H17NO2. The summed E-state index contributed by atoms with van der Waals surface area (Å²) in [5.41, 5.74) is 0. The third-order valence-electron chi connectivity index (χ3n) is 3.19. The lowest BCUT2D eigenvalue weighted by Gasteiger charge is -2.29. The number of rotatable bonds is 3. The van der Waals surface area contributed by atoms with Gasteiger partial charge in [0, 0.05) is 6.04 Å². The maximum atomic E-state index is 10.9. The van der Waals surface area contributed by atoms with Crippen molar-refractivity contribution < 1.29 is 9.90 Å². The molecule has 1 heterocycles. The first kappa shape index (κ1) is 9.00. The quantitative estimate of drug-likeness (QED) is 0.692. The van der Waals surface area contributed by atoms with E-state index >= 15 is 0 Å². The van der Waals surface area contributed by atoms with E-state index in [0.29, 0.717) is 0 Å². The van der Waals surface area contributed by atoms with Crippen LogP contribution in [-0.4, -0.2) is 23.7 Å². The molecule has 0 amide bonds. The van der Waals surface area contributed by atoms with E-state index in [1.165, 1.54) is 12.8 Å². The summed E-state index contributed by atoms with van der Waals surface area (Å²) in [6, 6.07) is 0.249. The highest BCUT2D eigenvalue weighted by Crippen LogP contribution is 2.36. The molecular weight excluding hydrogens is 166 g/mol. The van der Waals surface area contributed by atoms with Crippen molar-refractivity contribution in [3.8, 4) is 0 Å². The molecule has 3 heteroatoms. The molecule has 2 atom stereocenters. The highest BCUT2D eigenvalue weighted by atomic mass is 16.4. The third-order valence-corrected chi connectivity index (χ3v) is 3.19. The van der Waals surface area contributed by atoms with Crippen LogP contribution >= 0.6 is 0 Å². The zero-order valence-electron chi connectivity index (χ0n) is 7.83. The first-order valence-electron chi connectivity index (χ1n) is 5.23. The van der Waals surface area contributed by atoms with Gasteiger partial charge in [0.15, 0.2) is 0 Å². The lowest BCUT2D eigenvalue weighted by molar-refractivity contribution is -0.143. The Morgan fingerprint density at radius 3 is 2.77 bits per heavy atom. The molecule has 2 aliphatic rings. The van der Waals surface area contributed by atoms with Crippen molar-refractivity contribution >= 4 is 5.97 Å². The number of aliphatic carboxylic acids is 1. The normalized spacial score (nSPS) is 34.5. The molecule has 2 fully saturated rings. The Labute approximate surface area is 78.5 Å². The minimum Gasteiger partial charge on any atom is -0.481 e. The molecule has 0 aromatic heterocycles. The topological polar surface area (TPSA) is 49.3 Å². The SMILES string of the molecule is O=C(O)C1CCCNC1CC1CC1. The summed E-state index contributed by atoms with van der Waals surface area (Å²) < 4.78 is 0. The van der Waals surface area contributed by atoms with E-state index < -0.39 is 5.97 Å². The first-order valence-corrected chi connectivity index (χ1v) is 5.23. The van der Waals surface area contributed by atoms with Gasteiger partial charge in [0.2, 0.25) is 0 Å². The Balaban J connectivity index is 1.90. The van der Waals surface area contributed by atoms with Crippen LogP contribution in [0.3, 0.4) is 0 Å². The Bertz CT molecular complexity index is 201. The zero-order valence-corrected chi connectivity index (χ0v) is 7.83. The van der Waals surface area contributed by atoms with Gasteiger partial charge in [-0.15, -0.1) is 0 Å². The molecule has 0 bridgehead atoms. The maximum Gasteiger partial charge on any atom is 0.308 e. The van der Waals surface area contributed by atoms with Crippen LogP contribution in [0, 0.1) is 11.8 Å². The second kappa shape index (κ2) is 3.66. The number of nitrogens with one attached hydrogen (secondary N) is 1. The van der Waals surface area contributed by atoms with Crippen LogP contribution in [-0.2, 0) is 4.79 Å². The molecule has 13 heavy (non-hydrogen) atoms. The molecule has 74 valence electrons. The number of carboxylic acid groups (broad SMARTS) is 1. The molecule has 0 aromatic carbocycles. The van der Waals surface area contributed by atoms with E-state index in [0.717, 1.165) is 31.7 Å². The molecule has 0 radical (unpaired) electrons. The van der Waals surface area contributed by atoms with Gasteiger partial charge >= 0.3 is 5.97 Å². The van der Waals surface area contributed by atoms with Crippen molar-refractivity contribution in [1.29, 1.82) is 0 Å². The molecule has 3 nitrogen and oxygen atoms in total. The Kier molecular flexibility index (Phi) is 2.54. The predicted molar refractivity (Wildman–Crippen MR) is 49.5 cm³/mol. The average Bonchev–Trinajstić information content (AvgIpc) is 2.89. The molecule has 1 aliphatic carbocycles. The Morgan fingerprint density at radius 1 is 1.38 bits per heavy atom. The van der Waals surface area contributed by atoms with Gasteiger partial charge in [0.1, 0.15) is 0 Å². The predicted octanol–water partition coefficient (Wildman–Crippen LogP) is 1.24. The fourth-order valence-electron chi connectivity index (χ4n) is 2.21. The third kappa shape index (κ3) is 2.21. The van der Waals surface area contributed by atoms with E-state index in [2.05, 4.69) is 5.32 Å². The summed E-state index contributed by atoms with van der Waals surface area (Å²) in [4.78, 5) is 10.9. The Hall–Kier alpha value is -0.570. The van der Waals surface area contributed by atoms with Crippen molar-refractivity contribution in [2.75, 3.05) is 6.54 Å². The molecule has 0 aromatic rings. The van der Waals surface area contributed by atoms with Crippen molar-refractivity contribution in [3.05, 3.63) is 0 Å². The number of hydrogen-bond acceptors (Lipinski definition) is 2. The Morgan fingerprint density at radius 2 is 2.15 bits per heavy atom. The molecule has 2 unspecified atom stereocenters. The van der Waals surface area contributed by atoms with Crippen LogP contribution < -0.4 is 5.32 Å². The zero-order chi connectivity index (χ0) is 9.26. The van der Waals surface area contributed by atoms with Gasteiger partial charge in [0.25, 0.3) is 0 Å². The maximum absolute atomic E-state index is 10.9. The highest BCUT2D eigenvalue weighted by Gasteiger charge is 2.34. The van der Waals surface area contributed by atoms with Crippen molar-refractivity contribution in [3.63, 3.8) is 0 Å². The van der Waals surface area contributed by atoms with Gasteiger partial charge < -0.3 is 10.4 Å². The van der Waals surface area contributed by atoms with Gasteiger partial charge in [-0.2, -0.15) is 0 Å². The second-order valence-electron chi connectivity index (χ2n) is 4.33. The summed E-state index contributed by atoms with van der Waals surface area (Å²) in [5.74, 6) is 0.0737. The van der Waals surface area contributed by atoms with Crippen LogP contribution in [0.25, 0.3) is 0 Å². The van der Waals surface area contributed by atoms with E-state index in [1.54, 1.807) is 0 Å². The molecule has 0 spiro atoms. The number of carbonyl (C=O) groups is 1. The van der Waals surface area contributed by atoms with Gasteiger partial charge in [-0.25, -0.2) is 0 Å². The lowest BCUT2D eigenvalue weighted by Crippen LogP contribution is -2.44. The highest BCUT2D eigenvalue weighted by molar-refractivity contribution is 5.71. The smallest absolute Gasteiger partial charge is 0.308 e. The van der Waals surface area contributed by atoms with Crippen LogP contribution in [0.1, 0.15) is 32.1 Å². The number of piperidine rings is 1. The monoisotopic (exact) mass is 183 g/mol. The van der Waals surface area contributed by atoms with Gasteiger partial charge in [-0.05, 0) is 31.7 Å². The van der Waals surface area contributed by atoms with Crippen molar-refractivity contribution in [1.82, 2.24) is 5.32 Å². The van der Waals surface area contributed by atoms with Crippen LogP contribution in [0.4, 0.5) is 0 Å². The number of carboxylic acids is 1. The van der Waals surface area contributed by atoms with Crippen LogP contribution in [0.2, 0.25) is 0 Å². The average molecular weight is 183 g/mol. The summed E-state index contributed by atoms with van der Waals surface area (Å²) >= 11 is 0. The summed E-state index contributed by atoms with van der Waals surface area (Å²) in [6.07, 6.45) is 5.57. The standard InChI is InChI=1S/C10H17NO2/c12-10(13)8-2-1-5-11-9(8)6-7-3-4-7/h7-9,11H,1-6H2,(H,12,13).